The molecule has 8 nitrogen and oxygen atoms in total. The Hall–Kier alpha value is -3.03. The second-order valence-electron chi connectivity index (χ2n) is 7.09. The van der Waals surface area contributed by atoms with Crippen LogP contribution in [0.2, 0.25) is 0 Å². The van der Waals surface area contributed by atoms with Crippen molar-refractivity contribution in [2.75, 3.05) is 45.2 Å². The lowest BCUT2D eigenvalue weighted by molar-refractivity contribution is 0.167. The zero-order valence-electron chi connectivity index (χ0n) is 16.3. The highest BCUT2D eigenvalue weighted by Crippen LogP contribution is 2.21. The average Bonchev–Trinajstić information content (AvgIpc) is 3.16. The van der Waals surface area contributed by atoms with Gasteiger partial charge in [0.25, 0.3) is 0 Å². The predicted octanol–water partition coefficient (Wildman–Crippen LogP) is 2.22. The highest BCUT2D eigenvalue weighted by molar-refractivity contribution is 6.03. The number of fused-ring (bicyclic) bond motifs is 1. The van der Waals surface area contributed by atoms with Crippen LogP contribution in [0.5, 0.6) is 5.75 Å². The quantitative estimate of drug-likeness (QED) is 0.867. The summed E-state index contributed by atoms with van der Waals surface area (Å²) in [4.78, 5) is 28.0. The largest absolute Gasteiger partial charge is 0.497 e. The number of nitrogens with one attached hydrogen (secondary N) is 1. The molecule has 0 radical (unpaired) electrons. The van der Waals surface area contributed by atoms with Crippen LogP contribution in [0.1, 0.15) is 13.3 Å². The Morgan fingerprint density at radius 3 is 2.86 bits per heavy atom. The molecule has 2 amide bonds. The minimum atomic E-state index is -0.0915. The molecule has 1 fully saturated rings. The SMILES string of the molecule is CCC1CN2C=NC(N3CCN(C(=O)Nc4cccc(OC)c4)CC3)=CC2=N1. The van der Waals surface area contributed by atoms with Gasteiger partial charge in [0.2, 0.25) is 0 Å². The van der Waals surface area contributed by atoms with Crippen LogP contribution in [0.4, 0.5) is 10.5 Å². The molecule has 1 unspecified atom stereocenters. The van der Waals surface area contributed by atoms with Crippen molar-refractivity contribution in [1.29, 1.82) is 0 Å². The summed E-state index contributed by atoms with van der Waals surface area (Å²) in [6.45, 7) is 5.87. The summed E-state index contributed by atoms with van der Waals surface area (Å²) in [7, 11) is 1.61. The molecule has 1 aromatic rings. The van der Waals surface area contributed by atoms with E-state index in [1.54, 1.807) is 7.11 Å². The number of urea groups is 1. The first kappa shape index (κ1) is 18.3. The van der Waals surface area contributed by atoms with Crippen molar-refractivity contribution in [3.63, 3.8) is 0 Å². The molecular formula is C20H26N6O2. The van der Waals surface area contributed by atoms with E-state index >= 15 is 0 Å². The smallest absolute Gasteiger partial charge is 0.321 e. The third kappa shape index (κ3) is 3.81. The molecule has 0 saturated carbocycles. The Bertz CT molecular complexity index is 826. The maximum absolute atomic E-state index is 12.6. The molecule has 3 aliphatic heterocycles. The Labute approximate surface area is 165 Å². The number of anilines is 1. The molecule has 8 heteroatoms. The fourth-order valence-corrected chi connectivity index (χ4v) is 3.57. The normalized spacial score (nSPS) is 21.2. The Morgan fingerprint density at radius 1 is 1.29 bits per heavy atom. The fraction of sp³-hybridized carbons (Fsp3) is 0.450. The highest BCUT2D eigenvalue weighted by atomic mass is 16.5. The number of amidine groups is 1. The first-order chi connectivity index (χ1) is 13.7. The summed E-state index contributed by atoms with van der Waals surface area (Å²) in [5.41, 5.74) is 0.733. The van der Waals surface area contributed by atoms with E-state index in [1.165, 1.54) is 0 Å². The standard InChI is InChI=1S/C20H26N6O2/c1-3-15-13-26-14-21-18(12-19(26)22-15)24-7-9-25(10-8-24)20(27)23-16-5-4-6-17(11-16)28-2/h4-6,11-12,14-15H,3,7-10,13H2,1-2H3,(H,23,27). The van der Waals surface area contributed by atoms with E-state index in [9.17, 15) is 4.79 Å². The van der Waals surface area contributed by atoms with Gasteiger partial charge in [-0.15, -0.1) is 0 Å². The highest BCUT2D eigenvalue weighted by Gasteiger charge is 2.27. The summed E-state index contributed by atoms with van der Waals surface area (Å²) in [5, 5.41) is 2.94. The summed E-state index contributed by atoms with van der Waals surface area (Å²) in [5.74, 6) is 2.65. The zero-order valence-corrected chi connectivity index (χ0v) is 16.3. The number of carbonyl (C=O) groups is 1. The number of ether oxygens (including phenoxy) is 1. The number of carbonyl (C=O) groups excluding carboxylic acids is 1. The summed E-state index contributed by atoms with van der Waals surface area (Å²) in [6, 6.07) is 7.65. The number of nitrogens with zero attached hydrogens (tertiary/aromatic N) is 5. The van der Waals surface area contributed by atoms with Crippen LogP contribution in [0.15, 0.2) is 46.1 Å². The van der Waals surface area contributed by atoms with Crippen molar-refractivity contribution in [3.05, 3.63) is 36.2 Å². The van der Waals surface area contributed by atoms with Gasteiger partial charge in [0.15, 0.2) is 0 Å². The molecule has 28 heavy (non-hydrogen) atoms. The number of benzene rings is 1. The van der Waals surface area contributed by atoms with Gasteiger partial charge in [0, 0.05) is 50.6 Å². The fourth-order valence-electron chi connectivity index (χ4n) is 3.57. The van der Waals surface area contributed by atoms with E-state index in [1.807, 2.05) is 35.5 Å². The minimum absolute atomic E-state index is 0.0915. The van der Waals surface area contributed by atoms with Crippen molar-refractivity contribution in [2.24, 2.45) is 9.98 Å². The summed E-state index contributed by atoms with van der Waals surface area (Å²) in [6.07, 6.45) is 4.98. The van der Waals surface area contributed by atoms with Gasteiger partial charge in [-0.3, -0.25) is 4.99 Å². The van der Waals surface area contributed by atoms with Crippen LogP contribution < -0.4 is 10.1 Å². The van der Waals surface area contributed by atoms with E-state index in [2.05, 4.69) is 33.1 Å². The second-order valence-corrected chi connectivity index (χ2v) is 7.09. The van der Waals surface area contributed by atoms with Gasteiger partial charge in [-0.25, -0.2) is 9.79 Å². The van der Waals surface area contributed by atoms with E-state index in [0.29, 0.717) is 19.1 Å². The molecular weight excluding hydrogens is 356 g/mol. The third-order valence-electron chi connectivity index (χ3n) is 5.29. The number of aliphatic imine (C=N–C) groups is 2. The molecule has 0 bridgehead atoms. The monoisotopic (exact) mass is 382 g/mol. The van der Waals surface area contributed by atoms with Crippen molar-refractivity contribution in [1.82, 2.24) is 14.7 Å². The number of piperazine rings is 1. The zero-order chi connectivity index (χ0) is 19.5. The summed E-state index contributed by atoms with van der Waals surface area (Å²) < 4.78 is 5.20. The topological polar surface area (TPSA) is 72.8 Å². The average molecular weight is 382 g/mol. The lowest BCUT2D eigenvalue weighted by Gasteiger charge is -2.36. The molecule has 0 spiro atoms. The van der Waals surface area contributed by atoms with Crippen molar-refractivity contribution in [3.8, 4) is 5.75 Å². The molecule has 148 valence electrons. The van der Waals surface area contributed by atoms with Crippen LogP contribution in [0, 0.1) is 0 Å². The van der Waals surface area contributed by atoms with Crippen LogP contribution in [0.3, 0.4) is 0 Å². The maximum Gasteiger partial charge on any atom is 0.321 e. The molecule has 1 N–H and O–H groups in total. The van der Waals surface area contributed by atoms with Crippen LogP contribution in [-0.4, -0.2) is 78.8 Å². The Morgan fingerprint density at radius 2 is 2.11 bits per heavy atom. The molecule has 0 aliphatic carbocycles. The van der Waals surface area contributed by atoms with E-state index in [0.717, 1.165) is 49.1 Å². The van der Waals surface area contributed by atoms with Gasteiger partial charge >= 0.3 is 6.03 Å². The first-order valence-electron chi connectivity index (χ1n) is 9.71. The predicted molar refractivity (Wildman–Crippen MR) is 110 cm³/mol. The molecule has 1 aromatic carbocycles. The molecule has 1 saturated heterocycles. The van der Waals surface area contributed by atoms with Crippen LogP contribution in [-0.2, 0) is 0 Å². The number of hydrogen-bond acceptors (Lipinski definition) is 6. The lowest BCUT2D eigenvalue weighted by atomic mass is 10.2. The maximum atomic E-state index is 12.6. The molecule has 3 heterocycles. The number of methoxy groups -OCH3 is 1. The number of hydrogen-bond donors (Lipinski definition) is 1. The van der Waals surface area contributed by atoms with Gasteiger partial charge in [0.1, 0.15) is 17.4 Å². The van der Waals surface area contributed by atoms with Gasteiger partial charge in [-0.1, -0.05) is 13.0 Å². The van der Waals surface area contributed by atoms with Crippen molar-refractivity contribution in [2.45, 2.75) is 19.4 Å². The van der Waals surface area contributed by atoms with E-state index < -0.39 is 0 Å². The molecule has 3 aliphatic rings. The first-order valence-corrected chi connectivity index (χ1v) is 9.71. The Balaban J connectivity index is 1.33. The number of rotatable bonds is 4. The van der Waals surface area contributed by atoms with Crippen LogP contribution in [0.25, 0.3) is 0 Å². The second kappa shape index (κ2) is 7.92. The van der Waals surface area contributed by atoms with E-state index in [-0.39, 0.29) is 6.03 Å². The third-order valence-corrected chi connectivity index (χ3v) is 5.29. The molecule has 4 rings (SSSR count). The minimum Gasteiger partial charge on any atom is -0.497 e. The summed E-state index contributed by atoms with van der Waals surface area (Å²) >= 11 is 0. The van der Waals surface area contributed by atoms with Crippen molar-refractivity contribution < 1.29 is 9.53 Å². The van der Waals surface area contributed by atoms with Gasteiger partial charge in [0.05, 0.1) is 19.5 Å². The lowest BCUT2D eigenvalue weighted by Crippen LogP contribution is -2.49. The van der Waals surface area contributed by atoms with Gasteiger partial charge in [-0.2, -0.15) is 0 Å². The van der Waals surface area contributed by atoms with E-state index in [4.69, 9.17) is 9.73 Å². The number of amides is 2. The van der Waals surface area contributed by atoms with Gasteiger partial charge < -0.3 is 24.8 Å². The molecule has 1 atom stereocenters. The van der Waals surface area contributed by atoms with Crippen LogP contribution >= 0.6 is 0 Å². The molecule has 0 aromatic heterocycles. The van der Waals surface area contributed by atoms with Crippen molar-refractivity contribution >= 4 is 23.9 Å². The van der Waals surface area contributed by atoms with Gasteiger partial charge in [-0.05, 0) is 18.6 Å². The Kier molecular flexibility index (Phi) is 5.18.